The number of aromatic nitrogens is 2. The van der Waals surface area contributed by atoms with Gasteiger partial charge in [0.05, 0.1) is 5.69 Å². The minimum Gasteiger partial charge on any atom is -0.321 e. The van der Waals surface area contributed by atoms with Gasteiger partial charge in [0.25, 0.3) is 5.91 Å². The van der Waals surface area contributed by atoms with Gasteiger partial charge in [-0.2, -0.15) is 0 Å². The van der Waals surface area contributed by atoms with Crippen molar-refractivity contribution >= 4 is 44.8 Å². The quantitative estimate of drug-likeness (QED) is 0.691. The minimum atomic E-state index is -0.200. The van der Waals surface area contributed by atoms with E-state index in [1.807, 2.05) is 30.5 Å². The number of hydrogen-bond acceptors (Lipinski definition) is 2. The summed E-state index contributed by atoms with van der Waals surface area (Å²) in [5, 5.41) is 3.47. The number of amides is 1. The Balaban J connectivity index is 2.09. The van der Waals surface area contributed by atoms with E-state index in [0.717, 1.165) is 21.4 Å². The maximum absolute atomic E-state index is 12.8. The lowest BCUT2D eigenvalue weighted by molar-refractivity contribution is 0.102. The molecule has 6 heteroatoms. The standard InChI is InChI=1S/C17H15BrClN3O/c1-3-14-15(17(23)20-13-6-4-5-12(19)8-13)22-9-11(18)7-10(2)16(22)21-14/h4-9H,3H2,1-2H3,(H,20,23). The number of nitrogens with one attached hydrogen (secondary N) is 1. The van der Waals surface area contributed by atoms with Gasteiger partial charge in [0, 0.05) is 21.4 Å². The van der Waals surface area contributed by atoms with Crippen LogP contribution in [0.15, 0.2) is 41.0 Å². The molecule has 0 atom stereocenters. The Morgan fingerprint density at radius 1 is 1.39 bits per heavy atom. The third kappa shape index (κ3) is 3.12. The molecule has 2 heterocycles. The number of carbonyl (C=O) groups excluding carboxylic acids is 1. The van der Waals surface area contributed by atoms with E-state index in [0.29, 0.717) is 22.8 Å². The van der Waals surface area contributed by atoms with Crippen LogP contribution in [0.5, 0.6) is 0 Å². The first-order valence-corrected chi connectivity index (χ1v) is 8.40. The number of imidazole rings is 1. The molecule has 0 spiro atoms. The molecule has 1 amide bonds. The Bertz CT molecular complexity index is 904. The fraction of sp³-hybridized carbons (Fsp3) is 0.176. The van der Waals surface area contributed by atoms with Crippen LogP contribution in [-0.2, 0) is 6.42 Å². The Morgan fingerprint density at radius 2 is 2.17 bits per heavy atom. The molecular formula is C17H15BrClN3O. The Labute approximate surface area is 147 Å². The van der Waals surface area contributed by atoms with E-state index in [2.05, 4.69) is 26.2 Å². The number of pyridine rings is 1. The van der Waals surface area contributed by atoms with Crippen molar-refractivity contribution in [2.75, 3.05) is 5.32 Å². The summed E-state index contributed by atoms with van der Waals surface area (Å²) in [6, 6.07) is 9.08. The molecule has 0 saturated heterocycles. The molecule has 0 radical (unpaired) electrons. The van der Waals surface area contributed by atoms with E-state index in [1.54, 1.807) is 24.3 Å². The molecule has 118 valence electrons. The highest BCUT2D eigenvalue weighted by molar-refractivity contribution is 9.10. The molecule has 0 fully saturated rings. The second kappa shape index (κ2) is 6.34. The number of benzene rings is 1. The third-order valence-electron chi connectivity index (χ3n) is 3.58. The third-order valence-corrected chi connectivity index (χ3v) is 4.24. The van der Waals surface area contributed by atoms with Crippen molar-refractivity contribution in [1.82, 2.24) is 9.38 Å². The average molecular weight is 393 g/mol. The molecule has 0 bridgehead atoms. The number of nitrogens with zero attached hydrogens (tertiary/aromatic N) is 2. The maximum Gasteiger partial charge on any atom is 0.274 e. The van der Waals surface area contributed by atoms with Gasteiger partial charge >= 0.3 is 0 Å². The summed E-state index contributed by atoms with van der Waals surface area (Å²) in [4.78, 5) is 17.4. The van der Waals surface area contributed by atoms with E-state index < -0.39 is 0 Å². The predicted octanol–water partition coefficient (Wildman–Crippen LogP) is 4.87. The van der Waals surface area contributed by atoms with Crippen molar-refractivity contribution in [3.8, 4) is 0 Å². The first-order chi connectivity index (χ1) is 11.0. The van der Waals surface area contributed by atoms with Crippen LogP contribution < -0.4 is 5.32 Å². The molecule has 23 heavy (non-hydrogen) atoms. The second-order valence-electron chi connectivity index (χ2n) is 5.26. The Morgan fingerprint density at radius 3 is 2.87 bits per heavy atom. The number of halogens is 2. The first-order valence-electron chi connectivity index (χ1n) is 7.23. The van der Waals surface area contributed by atoms with Crippen LogP contribution in [-0.4, -0.2) is 15.3 Å². The fourth-order valence-corrected chi connectivity index (χ4v) is 3.30. The van der Waals surface area contributed by atoms with E-state index in [-0.39, 0.29) is 5.91 Å². The SMILES string of the molecule is CCc1nc2c(C)cc(Br)cn2c1C(=O)Nc1cccc(Cl)c1. The Kier molecular flexibility index (Phi) is 4.41. The molecule has 3 rings (SSSR count). The van der Waals surface area contributed by atoms with Crippen molar-refractivity contribution in [2.24, 2.45) is 0 Å². The summed E-state index contributed by atoms with van der Waals surface area (Å²) in [5.41, 5.74) is 3.78. The van der Waals surface area contributed by atoms with Gasteiger partial charge in [-0.3, -0.25) is 9.20 Å². The number of hydrogen-bond donors (Lipinski definition) is 1. The molecule has 3 aromatic rings. The molecule has 4 nitrogen and oxygen atoms in total. The molecule has 0 aliphatic rings. The molecule has 0 aliphatic carbocycles. The normalized spacial score (nSPS) is 11.0. The summed E-state index contributed by atoms with van der Waals surface area (Å²) >= 11 is 9.45. The van der Waals surface area contributed by atoms with Gasteiger partial charge in [-0.05, 0) is 59.1 Å². The van der Waals surface area contributed by atoms with Crippen LogP contribution in [0.3, 0.4) is 0 Å². The second-order valence-corrected chi connectivity index (χ2v) is 6.61. The summed E-state index contributed by atoms with van der Waals surface area (Å²) < 4.78 is 2.73. The van der Waals surface area contributed by atoms with Gasteiger partial charge in [0.15, 0.2) is 0 Å². The number of carbonyl (C=O) groups is 1. The van der Waals surface area contributed by atoms with Crippen LogP contribution in [0.4, 0.5) is 5.69 Å². The van der Waals surface area contributed by atoms with E-state index in [4.69, 9.17) is 11.6 Å². The highest BCUT2D eigenvalue weighted by atomic mass is 79.9. The van der Waals surface area contributed by atoms with E-state index in [1.165, 1.54) is 0 Å². The van der Waals surface area contributed by atoms with Gasteiger partial charge < -0.3 is 5.32 Å². The van der Waals surface area contributed by atoms with Gasteiger partial charge in [-0.15, -0.1) is 0 Å². The number of rotatable bonds is 3. The van der Waals surface area contributed by atoms with Gasteiger partial charge in [0.2, 0.25) is 0 Å². The van der Waals surface area contributed by atoms with Gasteiger partial charge in [-0.1, -0.05) is 24.6 Å². The van der Waals surface area contributed by atoms with E-state index in [9.17, 15) is 4.79 Å². The summed E-state index contributed by atoms with van der Waals surface area (Å²) in [5.74, 6) is -0.200. The molecule has 0 saturated carbocycles. The zero-order valence-corrected chi connectivity index (χ0v) is 15.1. The van der Waals surface area contributed by atoms with Crippen LogP contribution in [0.25, 0.3) is 5.65 Å². The minimum absolute atomic E-state index is 0.200. The maximum atomic E-state index is 12.8. The van der Waals surface area contributed by atoms with Gasteiger partial charge in [0.1, 0.15) is 11.3 Å². The monoisotopic (exact) mass is 391 g/mol. The smallest absolute Gasteiger partial charge is 0.274 e. The Hall–Kier alpha value is -1.85. The highest BCUT2D eigenvalue weighted by Gasteiger charge is 2.19. The zero-order chi connectivity index (χ0) is 16.6. The predicted molar refractivity (Wildman–Crippen MR) is 96.4 cm³/mol. The lowest BCUT2D eigenvalue weighted by Gasteiger charge is -2.08. The highest BCUT2D eigenvalue weighted by Crippen LogP contribution is 2.23. The first kappa shape index (κ1) is 16.0. The number of anilines is 1. The zero-order valence-electron chi connectivity index (χ0n) is 12.7. The van der Waals surface area contributed by atoms with Crippen molar-refractivity contribution in [3.05, 3.63) is 63.0 Å². The van der Waals surface area contributed by atoms with Crippen LogP contribution >= 0.6 is 27.5 Å². The van der Waals surface area contributed by atoms with Crippen molar-refractivity contribution in [2.45, 2.75) is 20.3 Å². The average Bonchev–Trinajstić information content (AvgIpc) is 2.86. The van der Waals surface area contributed by atoms with Crippen molar-refractivity contribution in [1.29, 1.82) is 0 Å². The lowest BCUT2D eigenvalue weighted by Crippen LogP contribution is -2.16. The molecule has 2 aromatic heterocycles. The molecule has 1 aromatic carbocycles. The molecule has 0 aliphatic heterocycles. The molecular weight excluding hydrogens is 378 g/mol. The summed E-state index contributed by atoms with van der Waals surface area (Å²) in [6.45, 7) is 3.97. The summed E-state index contributed by atoms with van der Waals surface area (Å²) in [6.07, 6.45) is 2.54. The molecule has 1 N–H and O–H groups in total. The summed E-state index contributed by atoms with van der Waals surface area (Å²) in [7, 11) is 0. The van der Waals surface area contributed by atoms with Crippen LogP contribution in [0.2, 0.25) is 5.02 Å². The largest absolute Gasteiger partial charge is 0.321 e. The van der Waals surface area contributed by atoms with Gasteiger partial charge in [-0.25, -0.2) is 4.98 Å². The lowest BCUT2D eigenvalue weighted by atomic mass is 10.2. The van der Waals surface area contributed by atoms with Crippen molar-refractivity contribution in [3.63, 3.8) is 0 Å². The number of aryl methyl sites for hydroxylation is 2. The fourth-order valence-electron chi connectivity index (χ4n) is 2.56. The van der Waals surface area contributed by atoms with E-state index >= 15 is 0 Å². The van der Waals surface area contributed by atoms with Crippen LogP contribution in [0.1, 0.15) is 28.7 Å². The molecule has 0 unspecified atom stereocenters. The van der Waals surface area contributed by atoms with Crippen LogP contribution in [0, 0.1) is 6.92 Å². The van der Waals surface area contributed by atoms with Crippen molar-refractivity contribution < 1.29 is 4.79 Å². The number of fused-ring (bicyclic) bond motifs is 1. The topological polar surface area (TPSA) is 46.4 Å².